The van der Waals surface area contributed by atoms with E-state index in [2.05, 4.69) is 22.0 Å². The Balaban J connectivity index is 1.64. The van der Waals surface area contributed by atoms with E-state index >= 15 is 0 Å². The van der Waals surface area contributed by atoms with Crippen molar-refractivity contribution in [3.8, 4) is 11.4 Å². The maximum absolute atomic E-state index is 12.4. The Kier molecular flexibility index (Phi) is 5.43. The van der Waals surface area contributed by atoms with E-state index in [1.807, 2.05) is 31.2 Å². The van der Waals surface area contributed by atoms with Crippen molar-refractivity contribution < 1.29 is 9.53 Å². The average molecular weight is 348 g/mol. The molecule has 1 N–H and O–H groups in total. The first kappa shape index (κ1) is 17.4. The van der Waals surface area contributed by atoms with E-state index in [9.17, 15) is 4.79 Å². The van der Waals surface area contributed by atoms with Crippen molar-refractivity contribution in [2.75, 3.05) is 6.61 Å². The summed E-state index contributed by atoms with van der Waals surface area (Å²) < 4.78 is 7.22. The van der Waals surface area contributed by atoms with Gasteiger partial charge < -0.3 is 10.1 Å². The first-order chi connectivity index (χ1) is 12.6. The highest BCUT2D eigenvalue weighted by molar-refractivity contribution is 5.94. The molecule has 6 nitrogen and oxygen atoms in total. The molecule has 1 heterocycles. The highest BCUT2D eigenvalue weighted by Crippen LogP contribution is 2.15. The molecule has 26 heavy (non-hydrogen) atoms. The number of nitrogens with zero attached hydrogens (tertiary/aromatic N) is 3. The second-order valence-corrected chi connectivity index (χ2v) is 5.92. The molecule has 0 aliphatic rings. The minimum Gasteiger partial charge on any atom is -0.489 e. The highest BCUT2D eigenvalue weighted by atomic mass is 16.5. The van der Waals surface area contributed by atoms with Gasteiger partial charge in [0.1, 0.15) is 25.0 Å². The van der Waals surface area contributed by atoms with Crippen LogP contribution in [0.15, 0.2) is 73.3 Å². The Hall–Kier alpha value is -3.41. The lowest BCUT2D eigenvalue weighted by Crippen LogP contribution is -2.23. The summed E-state index contributed by atoms with van der Waals surface area (Å²) in [7, 11) is 0. The molecule has 2 aromatic carbocycles. The van der Waals surface area contributed by atoms with Crippen LogP contribution in [0.5, 0.6) is 5.75 Å². The molecule has 6 heteroatoms. The van der Waals surface area contributed by atoms with Crippen molar-refractivity contribution in [3.05, 3.63) is 84.5 Å². The molecular weight excluding hydrogens is 328 g/mol. The number of hydrogen-bond donors (Lipinski definition) is 1. The van der Waals surface area contributed by atoms with E-state index < -0.39 is 0 Å². The number of para-hydroxylation sites is 1. The first-order valence-electron chi connectivity index (χ1n) is 8.22. The average Bonchev–Trinajstić information content (AvgIpc) is 3.19. The zero-order valence-electron chi connectivity index (χ0n) is 14.6. The lowest BCUT2D eigenvalue weighted by molar-refractivity contribution is 0.0951. The third-order valence-electron chi connectivity index (χ3n) is 3.70. The summed E-state index contributed by atoms with van der Waals surface area (Å²) in [6, 6.07) is 14.8. The number of hydrogen-bond acceptors (Lipinski definition) is 4. The second-order valence-electron chi connectivity index (χ2n) is 5.92. The van der Waals surface area contributed by atoms with Crippen molar-refractivity contribution in [2.45, 2.75) is 13.5 Å². The second kappa shape index (κ2) is 8.11. The number of rotatable bonds is 7. The van der Waals surface area contributed by atoms with Gasteiger partial charge in [-0.3, -0.25) is 4.79 Å². The number of aromatic nitrogens is 3. The van der Waals surface area contributed by atoms with Gasteiger partial charge in [-0.25, -0.2) is 9.67 Å². The predicted molar refractivity (Wildman–Crippen MR) is 99.3 cm³/mol. The van der Waals surface area contributed by atoms with Crippen LogP contribution in [0.1, 0.15) is 22.8 Å². The van der Waals surface area contributed by atoms with Crippen LogP contribution in [0.25, 0.3) is 5.69 Å². The summed E-state index contributed by atoms with van der Waals surface area (Å²) in [4.78, 5) is 16.4. The molecule has 0 atom stereocenters. The van der Waals surface area contributed by atoms with Crippen LogP contribution in [-0.4, -0.2) is 27.3 Å². The van der Waals surface area contributed by atoms with Gasteiger partial charge in [0.15, 0.2) is 0 Å². The topological polar surface area (TPSA) is 69.0 Å². The fourth-order valence-electron chi connectivity index (χ4n) is 2.40. The van der Waals surface area contributed by atoms with Crippen LogP contribution in [0, 0.1) is 0 Å². The number of amides is 1. The molecule has 0 aliphatic heterocycles. The highest BCUT2D eigenvalue weighted by Gasteiger charge is 2.09. The van der Waals surface area contributed by atoms with Crippen LogP contribution >= 0.6 is 0 Å². The molecule has 0 fully saturated rings. The van der Waals surface area contributed by atoms with E-state index in [0.29, 0.717) is 24.5 Å². The van der Waals surface area contributed by atoms with Crippen LogP contribution in [0.2, 0.25) is 0 Å². The summed E-state index contributed by atoms with van der Waals surface area (Å²) in [5, 5.41) is 7.08. The summed E-state index contributed by atoms with van der Waals surface area (Å²) in [6.45, 7) is 6.55. The van der Waals surface area contributed by atoms with Crippen molar-refractivity contribution in [3.63, 3.8) is 0 Å². The van der Waals surface area contributed by atoms with Gasteiger partial charge >= 0.3 is 0 Å². The van der Waals surface area contributed by atoms with Gasteiger partial charge in [0.05, 0.1) is 5.69 Å². The van der Waals surface area contributed by atoms with E-state index in [1.54, 1.807) is 35.3 Å². The van der Waals surface area contributed by atoms with Crippen LogP contribution in [0.3, 0.4) is 0 Å². The Morgan fingerprint density at radius 2 is 1.96 bits per heavy atom. The summed E-state index contributed by atoms with van der Waals surface area (Å²) in [6.07, 6.45) is 3.11. The molecule has 3 aromatic rings. The maximum Gasteiger partial charge on any atom is 0.251 e. The minimum atomic E-state index is -0.148. The third-order valence-corrected chi connectivity index (χ3v) is 3.70. The molecule has 1 amide bonds. The van der Waals surface area contributed by atoms with Crippen LogP contribution in [0.4, 0.5) is 0 Å². The molecule has 3 rings (SSSR count). The fraction of sp³-hybridized carbons (Fsp3) is 0.150. The standard InChI is InChI=1S/C20H20N4O2/c1-15(2)12-26-18-9-7-16(8-10-18)20(25)22-11-17-5-3-4-6-19(17)24-14-21-13-23-24/h3-10,13-14H,1,11-12H2,2H3,(H,22,25). The largest absolute Gasteiger partial charge is 0.489 e. The smallest absolute Gasteiger partial charge is 0.251 e. The number of benzene rings is 2. The van der Waals surface area contributed by atoms with Gasteiger partial charge in [0, 0.05) is 12.1 Å². The molecule has 0 bridgehead atoms. The number of nitrogens with one attached hydrogen (secondary N) is 1. The van der Waals surface area contributed by atoms with Crippen molar-refractivity contribution in [1.29, 1.82) is 0 Å². The first-order valence-corrected chi connectivity index (χ1v) is 8.22. The van der Waals surface area contributed by atoms with Crippen LogP contribution < -0.4 is 10.1 Å². The van der Waals surface area contributed by atoms with Gasteiger partial charge in [0.25, 0.3) is 5.91 Å². The maximum atomic E-state index is 12.4. The molecule has 0 spiro atoms. The Bertz CT molecular complexity index is 886. The Labute approximate surface area is 152 Å². The SMILES string of the molecule is C=C(C)COc1ccc(C(=O)NCc2ccccc2-n2cncn2)cc1. The lowest BCUT2D eigenvalue weighted by atomic mass is 10.1. The molecule has 0 saturated carbocycles. The molecular formula is C20H20N4O2. The number of ether oxygens (including phenoxy) is 1. The van der Waals surface area contributed by atoms with E-state index in [4.69, 9.17) is 4.74 Å². The molecule has 0 unspecified atom stereocenters. The van der Waals surface area contributed by atoms with E-state index in [1.165, 1.54) is 6.33 Å². The van der Waals surface area contributed by atoms with Gasteiger partial charge in [-0.1, -0.05) is 24.8 Å². The normalized spacial score (nSPS) is 10.3. The van der Waals surface area contributed by atoms with Gasteiger partial charge in [-0.2, -0.15) is 5.10 Å². The molecule has 0 saturated heterocycles. The van der Waals surface area contributed by atoms with Gasteiger partial charge in [0.2, 0.25) is 0 Å². The van der Waals surface area contributed by atoms with E-state index in [-0.39, 0.29) is 5.91 Å². The zero-order valence-corrected chi connectivity index (χ0v) is 14.6. The van der Waals surface area contributed by atoms with E-state index in [0.717, 1.165) is 16.8 Å². The monoisotopic (exact) mass is 348 g/mol. The minimum absolute atomic E-state index is 0.148. The fourth-order valence-corrected chi connectivity index (χ4v) is 2.40. The summed E-state index contributed by atoms with van der Waals surface area (Å²) in [5.41, 5.74) is 3.35. The summed E-state index contributed by atoms with van der Waals surface area (Å²) >= 11 is 0. The lowest BCUT2D eigenvalue weighted by Gasteiger charge is -2.11. The zero-order chi connectivity index (χ0) is 18.4. The Morgan fingerprint density at radius 1 is 1.19 bits per heavy atom. The predicted octanol–water partition coefficient (Wildman–Crippen LogP) is 3.15. The molecule has 1 aromatic heterocycles. The van der Waals surface area contributed by atoms with Gasteiger partial charge in [-0.05, 0) is 48.4 Å². The summed E-state index contributed by atoms with van der Waals surface area (Å²) in [5.74, 6) is 0.561. The molecule has 0 radical (unpaired) electrons. The number of carbonyl (C=O) groups is 1. The third kappa shape index (κ3) is 4.36. The van der Waals surface area contributed by atoms with Gasteiger partial charge in [-0.15, -0.1) is 0 Å². The van der Waals surface area contributed by atoms with Crippen LogP contribution in [-0.2, 0) is 6.54 Å². The quantitative estimate of drug-likeness (QED) is 0.666. The number of carbonyl (C=O) groups excluding carboxylic acids is 1. The molecule has 0 aliphatic carbocycles. The Morgan fingerprint density at radius 3 is 2.65 bits per heavy atom. The molecule has 132 valence electrons. The van der Waals surface area contributed by atoms with Crippen molar-refractivity contribution in [2.24, 2.45) is 0 Å². The van der Waals surface area contributed by atoms with Crippen molar-refractivity contribution >= 4 is 5.91 Å². The van der Waals surface area contributed by atoms with Crippen molar-refractivity contribution in [1.82, 2.24) is 20.1 Å².